The van der Waals surface area contributed by atoms with Crippen molar-refractivity contribution in [2.45, 2.75) is 11.4 Å². The van der Waals surface area contributed by atoms with E-state index in [1.165, 1.54) is 23.1 Å². The SMILES string of the molecule is CN1Cc2cc(S(=O)(=O)Cl)ccc2C1=O. The molecule has 0 aromatic heterocycles. The maximum Gasteiger partial charge on any atom is 0.261 e. The topological polar surface area (TPSA) is 54.5 Å². The Morgan fingerprint density at radius 1 is 1.40 bits per heavy atom. The number of carbonyl (C=O) groups is 1. The molecule has 80 valence electrons. The summed E-state index contributed by atoms with van der Waals surface area (Å²) in [7, 11) is 3.15. The summed E-state index contributed by atoms with van der Waals surface area (Å²) in [5, 5.41) is 0. The molecule has 0 atom stereocenters. The summed E-state index contributed by atoms with van der Waals surface area (Å²) in [6.45, 7) is 0.425. The van der Waals surface area contributed by atoms with E-state index >= 15 is 0 Å². The van der Waals surface area contributed by atoms with Gasteiger partial charge in [0.05, 0.1) is 4.90 Å². The molecule has 2 rings (SSSR count). The van der Waals surface area contributed by atoms with Crippen LogP contribution in [0.25, 0.3) is 0 Å². The Morgan fingerprint density at radius 3 is 2.67 bits per heavy atom. The maximum atomic E-state index is 11.5. The second-order valence-electron chi connectivity index (χ2n) is 3.42. The van der Waals surface area contributed by atoms with Gasteiger partial charge in [0.1, 0.15) is 0 Å². The third-order valence-electron chi connectivity index (χ3n) is 2.34. The molecular formula is C9H8ClNO3S. The molecule has 4 nitrogen and oxygen atoms in total. The minimum Gasteiger partial charge on any atom is -0.337 e. The molecule has 0 aliphatic carbocycles. The van der Waals surface area contributed by atoms with Crippen LogP contribution in [0.1, 0.15) is 15.9 Å². The summed E-state index contributed by atoms with van der Waals surface area (Å²) < 4.78 is 22.1. The average molecular weight is 246 g/mol. The molecule has 1 aromatic carbocycles. The van der Waals surface area contributed by atoms with E-state index in [-0.39, 0.29) is 10.8 Å². The van der Waals surface area contributed by atoms with Gasteiger partial charge in [-0.3, -0.25) is 4.79 Å². The third kappa shape index (κ3) is 1.72. The van der Waals surface area contributed by atoms with Gasteiger partial charge in [0, 0.05) is 29.8 Å². The fourth-order valence-corrected chi connectivity index (χ4v) is 2.40. The zero-order valence-electron chi connectivity index (χ0n) is 7.90. The second-order valence-corrected chi connectivity index (χ2v) is 5.98. The minimum absolute atomic E-state index is 0.0333. The molecule has 1 heterocycles. The molecule has 15 heavy (non-hydrogen) atoms. The van der Waals surface area contributed by atoms with E-state index in [1.807, 2.05) is 0 Å². The first-order valence-corrected chi connectivity index (χ1v) is 6.53. The zero-order valence-corrected chi connectivity index (χ0v) is 9.47. The Bertz CT molecular complexity index is 538. The standard InChI is InChI=1S/C9H8ClNO3S/c1-11-5-6-4-7(15(10,13)14)2-3-8(6)9(11)12/h2-4H,5H2,1H3. The van der Waals surface area contributed by atoms with E-state index in [1.54, 1.807) is 7.05 Å². The number of hydrogen-bond acceptors (Lipinski definition) is 3. The summed E-state index contributed by atoms with van der Waals surface area (Å²) in [4.78, 5) is 13.1. The van der Waals surface area contributed by atoms with E-state index in [0.717, 1.165) is 0 Å². The molecule has 1 aliphatic heterocycles. The molecule has 0 N–H and O–H groups in total. The number of amides is 1. The molecule has 1 aromatic rings. The van der Waals surface area contributed by atoms with Crippen molar-refractivity contribution >= 4 is 25.6 Å². The van der Waals surface area contributed by atoms with Crippen LogP contribution in [0.2, 0.25) is 0 Å². The predicted octanol–water partition coefficient (Wildman–Crippen LogP) is 1.20. The van der Waals surface area contributed by atoms with Crippen LogP contribution in [-0.2, 0) is 15.6 Å². The number of benzene rings is 1. The number of rotatable bonds is 1. The quantitative estimate of drug-likeness (QED) is 0.699. The third-order valence-corrected chi connectivity index (χ3v) is 3.69. The highest BCUT2D eigenvalue weighted by Gasteiger charge is 2.25. The van der Waals surface area contributed by atoms with E-state index in [2.05, 4.69) is 0 Å². The summed E-state index contributed by atoms with van der Waals surface area (Å²) in [5.41, 5.74) is 1.24. The molecule has 0 radical (unpaired) electrons. The van der Waals surface area contributed by atoms with Crippen molar-refractivity contribution in [3.63, 3.8) is 0 Å². The van der Waals surface area contributed by atoms with Gasteiger partial charge in [-0.15, -0.1) is 0 Å². The van der Waals surface area contributed by atoms with Gasteiger partial charge < -0.3 is 4.90 Å². The normalized spacial score (nSPS) is 15.6. The van der Waals surface area contributed by atoms with Crippen LogP contribution in [0, 0.1) is 0 Å². The molecule has 0 fully saturated rings. The van der Waals surface area contributed by atoms with Gasteiger partial charge in [-0.1, -0.05) is 0 Å². The second kappa shape index (κ2) is 3.21. The number of nitrogens with zero attached hydrogens (tertiary/aromatic N) is 1. The van der Waals surface area contributed by atoms with Crippen LogP contribution in [0.3, 0.4) is 0 Å². The van der Waals surface area contributed by atoms with Crippen molar-refractivity contribution < 1.29 is 13.2 Å². The molecule has 0 unspecified atom stereocenters. The zero-order chi connectivity index (χ0) is 11.2. The molecular weight excluding hydrogens is 238 g/mol. The fourth-order valence-electron chi connectivity index (χ4n) is 1.59. The lowest BCUT2D eigenvalue weighted by Gasteiger charge is -2.04. The van der Waals surface area contributed by atoms with Crippen LogP contribution < -0.4 is 0 Å². The van der Waals surface area contributed by atoms with Crippen LogP contribution in [0.15, 0.2) is 23.1 Å². The van der Waals surface area contributed by atoms with Crippen molar-refractivity contribution in [1.29, 1.82) is 0 Å². The predicted molar refractivity (Wildman–Crippen MR) is 55.3 cm³/mol. The highest BCUT2D eigenvalue weighted by Crippen LogP contribution is 2.25. The van der Waals surface area contributed by atoms with Crippen molar-refractivity contribution in [2.24, 2.45) is 0 Å². The smallest absolute Gasteiger partial charge is 0.261 e. The van der Waals surface area contributed by atoms with E-state index in [0.29, 0.717) is 17.7 Å². The van der Waals surface area contributed by atoms with Gasteiger partial charge in [0.15, 0.2) is 0 Å². The monoisotopic (exact) mass is 245 g/mol. The van der Waals surface area contributed by atoms with Crippen LogP contribution in [0.5, 0.6) is 0 Å². The molecule has 0 saturated carbocycles. The summed E-state index contributed by atoms with van der Waals surface area (Å²) >= 11 is 0. The summed E-state index contributed by atoms with van der Waals surface area (Å²) in [6, 6.07) is 4.29. The lowest BCUT2D eigenvalue weighted by molar-refractivity contribution is 0.0816. The van der Waals surface area contributed by atoms with Gasteiger partial charge in [-0.2, -0.15) is 0 Å². The lowest BCUT2D eigenvalue weighted by Crippen LogP contribution is -2.17. The minimum atomic E-state index is -3.72. The molecule has 6 heteroatoms. The lowest BCUT2D eigenvalue weighted by atomic mass is 10.1. The Labute approximate surface area is 91.9 Å². The fraction of sp³-hybridized carbons (Fsp3) is 0.222. The van der Waals surface area contributed by atoms with Crippen molar-refractivity contribution in [2.75, 3.05) is 7.05 Å². The average Bonchev–Trinajstić information content (AvgIpc) is 2.41. The number of hydrogen-bond donors (Lipinski definition) is 0. The first-order chi connectivity index (χ1) is 6.89. The van der Waals surface area contributed by atoms with Crippen molar-refractivity contribution in [1.82, 2.24) is 4.90 Å². The van der Waals surface area contributed by atoms with Crippen LogP contribution in [0.4, 0.5) is 0 Å². The van der Waals surface area contributed by atoms with Crippen LogP contribution in [-0.4, -0.2) is 26.3 Å². The maximum absolute atomic E-state index is 11.5. The van der Waals surface area contributed by atoms with Gasteiger partial charge in [-0.25, -0.2) is 8.42 Å². The number of halogens is 1. The Morgan fingerprint density at radius 2 is 2.07 bits per heavy atom. The van der Waals surface area contributed by atoms with Crippen molar-refractivity contribution in [3.05, 3.63) is 29.3 Å². The molecule has 0 bridgehead atoms. The molecule has 0 saturated heterocycles. The summed E-state index contributed by atoms with van der Waals surface area (Å²) in [5.74, 6) is -0.0940. The van der Waals surface area contributed by atoms with Gasteiger partial charge in [0.2, 0.25) is 0 Å². The van der Waals surface area contributed by atoms with E-state index < -0.39 is 9.05 Å². The largest absolute Gasteiger partial charge is 0.337 e. The van der Waals surface area contributed by atoms with Gasteiger partial charge in [-0.05, 0) is 23.8 Å². The summed E-state index contributed by atoms with van der Waals surface area (Å²) in [6.07, 6.45) is 0. The Balaban J connectivity index is 2.56. The van der Waals surface area contributed by atoms with E-state index in [4.69, 9.17) is 10.7 Å². The first kappa shape index (κ1) is 10.4. The van der Waals surface area contributed by atoms with Crippen molar-refractivity contribution in [3.8, 4) is 0 Å². The Kier molecular flexibility index (Phi) is 2.24. The van der Waals surface area contributed by atoms with Gasteiger partial charge >= 0.3 is 0 Å². The number of fused-ring (bicyclic) bond motifs is 1. The van der Waals surface area contributed by atoms with E-state index in [9.17, 15) is 13.2 Å². The number of carbonyl (C=O) groups excluding carboxylic acids is 1. The molecule has 0 spiro atoms. The molecule has 1 aliphatic rings. The Hall–Kier alpha value is -1.07. The highest BCUT2D eigenvalue weighted by atomic mass is 35.7. The van der Waals surface area contributed by atoms with Crippen LogP contribution >= 0.6 is 10.7 Å². The highest BCUT2D eigenvalue weighted by molar-refractivity contribution is 8.13. The first-order valence-electron chi connectivity index (χ1n) is 4.22. The molecule has 1 amide bonds. The van der Waals surface area contributed by atoms with Gasteiger partial charge in [0.25, 0.3) is 15.0 Å².